The van der Waals surface area contributed by atoms with E-state index in [0.717, 1.165) is 0 Å². The third-order valence-corrected chi connectivity index (χ3v) is 9.17. The van der Waals surface area contributed by atoms with E-state index in [4.69, 9.17) is 0 Å². The lowest BCUT2D eigenvalue weighted by atomic mass is 9.34. The molecule has 0 aliphatic carbocycles. The number of anilines is 3. The number of rotatable bonds is 4. The molecule has 0 saturated carbocycles. The van der Waals surface area contributed by atoms with Crippen LogP contribution in [0.4, 0.5) is 17.1 Å². The number of fused-ring (bicyclic) bond motifs is 2. The van der Waals surface area contributed by atoms with Crippen LogP contribution in [-0.4, -0.2) is 6.71 Å². The van der Waals surface area contributed by atoms with Crippen molar-refractivity contribution in [2.45, 2.75) is 60.8 Å². The van der Waals surface area contributed by atoms with E-state index in [1.807, 2.05) is 0 Å². The van der Waals surface area contributed by atoms with Gasteiger partial charge in [-0.05, 0) is 76.9 Å². The summed E-state index contributed by atoms with van der Waals surface area (Å²) < 4.78 is 0. The monoisotopic (exact) mass is 533 g/mol. The van der Waals surface area contributed by atoms with Gasteiger partial charge in [0.1, 0.15) is 0 Å². The van der Waals surface area contributed by atoms with E-state index in [2.05, 4.69) is 157 Å². The zero-order valence-electron chi connectivity index (χ0n) is 25.8. The Bertz CT molecular complexity index is 1620. The van der Waals surface area contributed by atoms with Crippen LogP contribution in [0.5, 0.6) is 0 Å². The number of aryl methyl sites for hydroxylation is 6. The minimum atomic E-state index is -0.0598. The molecule has 0 N–H and O–H groups in total. The molecule has 0 atom stereocenters. The molecule has 0 amide bonds. The zero-order valence-corrected chi connectivity index (χ0v) is 25.8. The molecule has 0 radical (unpaired) electrons. The van der Waals surface area contributed by atoms with Crippen molar-refractivity contribution >= 4 is 40.2 Å². The van der Waals surface area contributed by atoms with Gasteiger partial charge in [-0.25, -0.2) is 0 Å². The van der Waals surface area contributed by atoms with Gasteiger partial charge in [-0.3, -0.25) is 0 Å². The van der Waals surface area contributed by atoms with E-state index in [9.17, 15) is 0 Å². The van der Waals surface area contributed by atoms with Gasteiger partial charge in [0.15, 0.2) is 0 Å². The van der Waals surface area contributed by atoms with Gasteiger partial charge in [-0.2, -0.15) is 0 Å². The molecule has 1 aliphatic heterocycles. The minimum absolute atomic E-state index is 0.0598. The fourth-order valence-corrected chi connectivity index (χ4v) is 7.53. The topological polar surface area (TPSA) is 3.24 Å². The predicted octanol–water partition coefficient (Wildman–Crippen LogP) is 8.16. The fraction of sp³-hybridized carbons (Fsp3) is 0.231. The highest BCUT2D eigenvalue weighted by Gasteiger charge is 2.36. The average molecular weight is 534 g/mol. The van der Waals surface area contributed by atoms with E-state index >= 15 is 0 Å². The van der Waals surface area contributed by atoms with E-state index in [0.29, 0.717) is 0 Å². The first-order chi connectivity index (χ1) is 19.6. The maximum atomic E-state index is 2.44. The quantitative estimate of drug-likeness (QED) is 0.211. The Labute approximate surface area is 247 Å². The van der Waals surface area contributed by atoms with Gasteiger partial charge < -0.3 is 4.90 Å². The van der Waals surface area contributed by atoms with E-state index < -0.39 is 0 Å². The van der Waals surface area contributed by atoms with Crippen molar-refractivity contribution in [2.75, 3.05) is 4.90 Å². The average Bonchev–Trinajstić information content (AvgIpc) is 2.92. The molecular formula is C39H40BN. The van der Waals surface area contributed by atoms with Gasteiger partial charge in [0, 0.05) is 11.1 Å². The van der Waals surface area contributed by atoms with Gasteiger partial charge in [-0.1, -0.05) is 136 Å². The zero-order chi connectivity index (χ0) is 29.1. The van der Waals surface area contributed by atoms with Crippen molar-refractivity contribution in [1.29, 1.82) is 0 Å². The molecule has 5 aromatic rings. The highest BCUT2D eigenvalue weighted by atomic mass is 15.2. The van der Waals surface area contributed by atoms with E-state index in [1.54, 1.807) is 0 Å². The second-order valence-corrected chi connectivity index (χ2v) is 12.6. The summed E-state index contributed by atoms with van der Waals surface area (Å²) in [7, 11) is 0. The van der Waals surface area contributed by atoms with Crippen molar-refractivity contribution in [3.8, 4) is 0 Å². The first kappa shape index (κ1) is 27.2. The summed E-state index contributed by atoms with van der Waals surface area (Å²) in [5, 5.41) is 0. The molecule has 1 nitrogen and oxygen atoms in total. The summed E-state index contributed by atoms with van der Waals surface area (Å²) in [5.41, 5.74) is 18.6. The molecule has 0 bridgehead atoms. The van der Waals surface area contributed by atoms with Crippen LogP contribution in [-0.2, 0) is 5.41 Å². The lowest BCUT2D eigenvalue weighted by molar-refractivity contribution is 0.632. The van der Waals surface area contributed by atoms with Crippen molar-refractivity contribution in [1.82, 2.24) is 0 Å². The Hall–Kier alpha value is -4.04. The van der Waals surface area contributed by atoms with Crippen molar-refractivity contribution in [2.24, 2.45) is 0 Å². The molecule has 0 unspecified atom stereocenters. The van der Waals surface area contributed by atoms with Crippen LogP contribution in [0.3, 0.4) is 0 Å². The third kappa shape index (κ3) is 4.51. The summed E-state index contributed by atoms with van der Waals surface area (Å²) in [4.78, 5) is 2.44. The van der Waals surface area contributed by atoms with E-state index in [-0.39, 0.29) is 12.1 Å². The van der Waals surface area contributed by atoms with Crippen LogP contribution >= 0.6 is 0 Å². The van der Waals surface area contributed by atoms with Crippen LogP contribution in [0, 0.1) is 41.5 Å². The normalized spacial score (nSPS) is 13.5. The van der Waals surface area contributed by atoms with Crippen molar-refractivity contribution in [3.63, 3.8) is 0 Å². The second-order valence-electron chi connectivity index (χ2n) is 12.6. The lowest BCUT2D eigenvalue weighted by Gasteiger charge is -2.42. The number of hydrogen-bond acceptors (Lipinski definition) is 1. The first-order valence-electron chi connectivity index (χ1n) is 14.8. The molecule has 0 fully saturated rings. The molecule has 6 rings (SSSR count). The summed E-state index contributed by atoms with van der Waals surface area (Å²) >= 11 is 0. The Morgan fingerprint density at radius 2 is 0.902 bits per heavy atom. The maximum Gasteiger partial charge on any atom is 0.242 e. The van der Waals surface area contributed by atoms with Crippen molar-refractivity contribution < 1.29 is 0 Å². The molecule has 0 aromatic heterocycles. The van der Waals surface area contributed by atoms with Crippen LogP contribution in [0.15, 0.2) is 97.1 Å². The molecule has 41 heavy (non-hydrogen) atoms. The maximum absolute atomic E-state index is 2.44. The summed E-state index contributed by atoms with van der Waals surface area (Å²) in [6.07, 6.45) is 0. The SMILES string of the molecule is Cc1cc(C)c(B(c2ccc(N3c4ccccc4C(C)(C)c4ccccc43)cc2)c2c(C)cc(C)cc2C)c(C)c1. The molecule has 1 aliphatic rings. The van der Waals surface area contributed by atoms with Gasteiger partial charge in [0.2, 0.25) is 6.71 Å². The molecule has 2 heteroatoms. The number of hydrogen-bond donors (Lipinski definition) is 0. The molecule has 204 valence electrons. The molecule has 0 saturated heterocycles. The van der Waals surface area contributed by atoms with Crippen LogP contribution in [0.1, 0.15) is 58.4 Å². The van der Waals surface area contributed by atoms with E-state index in [1.165, 1.54) is 78.0 Å². The Kier molecular flexibility index (Phi) is 6.69. The standard InChI is InChI=1S/C39H40BN/c1-25-21-27(3)37(28(4)22-25)40(38-29(5)23-26(2)24-30(38)6)31-17-19-32(20-18-31)41-35-15-11-9-13-33(35)39(7,8)34-14-10-12-16-36(34)41/h9-24H,1-8H3. The predicted molar refractivity (Wildman–Crippen MR) is 179 cm³/mol. The van der Waals surface area contributed by atoms with Gasteiger partial charge in [0.05, 0.1) is 11.4 Å². The molecule has 1 heterocycles. The van der Waals surface area contributed by atoms with Crippen LogP contribution in [0.2, 0.25) is 0 Å². The molecule has 0 spiro atoms. The number of nitrogens with zero attached hydrogens (tertiary/aromatic N) is 1. The number of benzene rings is 5. The smallest absolute Gasteiger partial charge is 0.242 e. The second kappa shape index (κ2) is 10.1. The highest BCUT2D eigenvalue weighted by Crippen LogP contribution is 2.51. The first-order valence-corrected chi connectivity index (χ1v) is 14.8. The number of para-hydroxylation sites is 2. The van der Waals surface area contributed by atoms with Crippen LogP contribution in [0.25, 0.3) is 0 Å². The van der Waals surface area contributed by atoms with Crippen molar-refractivity contribution in [3.05, 3.63) is 142 Å². The molecule has 5 aromatic carbocycles. The largest absolute Gasteiger partial charge is 0.310 e. The highest BCUT2D eigenvalue weighted by molar-refractivity contribution is 6.96. The van der Waals surface area contributed by atoms with Gasteiger partial charge in [-0.15, -0.1) is 0 Å². The third-order valence-electron chi connectivity index (χ3n) is 9.17. The summed E-state index contributed by atoms with van der Waals surface area (Å²) in [6, 6.07) is 36.5. The van der Waals surface area contributed by atoms with Crippen LogP contribution < -0.4 is 21.3 Å². The lowest BCUT2D eigenvalue weighted by Crippen LogP contribution is -2.55. The summed E-state index contributed by atoms with van der Waals surface area (Å²) in [5.74, 6) is 0. The van der Waals surface area contributed by atoms with Gasteiger partial charge in [0.25, 0.3) is 0 Å². The molecular weight excluding hydrogens is 493 g/mol. The minimum Gasteiger partial charge on any atom is -0.310 e. The van der Waals surface area contributed by atoms with Gasteiger partial charge >= 0.3 is 0 Å². The Balaban J connectivity index is 1.53. The summed E-state index contributed by atoms with van der Waals surface area (Å²) in [6.45, 7) is 18.4. The fourth-order valence-electron chi connectivity index (χ4n) is 7.53. The Morgan fingerprint density at radius 1 is 0.512 bits per heavy atom. The Morgan fingerprint density at radius 3 is 1.32 bits per heavy atom.